The van der Waals surface area contributed by atoms with Crippen molar-refractivity contribution in [3.63, 3.8) is 0 Å². The molecule has 1 aliphatic rings. The van der Waals surface area contributed by atoms with E-state index in [1.165, 1.54) is 0 Å². The summed E-state index contributed by atoms with van der Waals surface area (Å²) in [6, 6.07) is 0. The molecule has 0 saturated carbocycles. The molecule has 0 unspecified atom stereocenters. The first-order chi connectivity index (χ1) is 2.50. The summed E-state index contributed by atoms with van der Waals surface area (Å²) < 4.78 is 0. The summed E-state index contributed by atoms with van der Waals surface area (Å²) in [6.45, 7) is 0. The van der Waals surface area contributed by atoms with Crippen LogP contribution in [0.25, 0.3) is 0 Å². The van der Waals surface area contributed by atoms with Gasteiger partial charge in [-0.3, -0.25) is 6.08 Å². The zero-order valence-electron chi connectivity index (χ0n) is 4.65. The van der Waals surface area contributed by atoms with Crippen molar-refractivity contribution in [2.24, 2.45) is 0 Å². The van der Waals surface area contributed by atoms with Crippen molar-refractivity contribution in [1.82, 2.24) is 0 Å². The second-order valence-electron chi connectivity index (χ2n) is 1.00. The van der Waals surface area contributed by atoms with Gasteiger partial charge in [0.25, 0.3) is 0 Å². The molecule has 0 radical (unpaired) electrons. The minimum atomic E-state index is 0. The number of hydrogen-bond acceptors (Lipinski definition) is 0. The summed E-state index contributed by atoms with van der Waals surface area (Å²) >= 11 is 0. The zero-order valence-corrected chi connectivity index (χ0v) is 8.68. The first-order valence-corrected chi connectivity index (χ1v) is 1.72. The molecular weight excluding hydrogens is 184 g/mol. The van der Waals surface area contributed by atoms with Crippen LogP contribution < -0.4 is 0 Å². The summed E-state index contributed by atoms with van der Waals surface area (Å²) in [5.41, 5.74) is 0. The molecule has 34 valence electrons. The Kier molecular flexibility index (Phi) is 9.51. The fraction of sp³-hybridized carbons (Fsp3) is 0.167. The summed E-state index contributed by atoms with van der Waals surface area (Å²) in [7, 11) is 0. The second kappa shape index (κ2) is 6.40. The Morgan fingerprint density at radius 3 is 2.29 bits per heavy atom. The van der Waals surface area contributed by atoms with Crippen LogP contribution in [0.5, 0.6) is 0 Å². The van der Waals surface area contributed by atoms with Gasteiger partial charge in [0.2, 0.25) is 0 Å². The van der Waals surface area contributed by atoms with Crippen LogP contribution in [0.2, 0.25) is 0 Å². The van der Waals surface area contributed by atoms with Crippen molar-refractivity contribution in [3.8, 4) is 0 Å². The van der Waals surface area contributed by atoms with Crippen LogP contribution in [0.3, 0.4) is 0 Å². The molecule has 0 nitrogen and oxygen atoms in total. The van der Waals surface area contributed by atoms with Gasteiger partial charge in [0.1, 0.15) is 0 Å². The summed E-state index contributed by atoms with van der Waals surface area (Å²) in [5, 5.41) is 0. The van der Waals surface area contributed by atoms with Crippen LogP contribution in [0.4, 0.5) is 0 Å². The number of allylic oxidation sites excluding steroid dienone is 4. The summed E-state index contributed by atoms with van der Waals surface area (Å²) in [6.07, 6.45) is 10.0. The minimum absolute atomic E-state index is 0. The van der Waals surface area contributed by atoms with Crippen molar-refractivity contribution >= 4 is 0 Å². The van der Waals surface area contributed by atoms with Gasteiger partial charge in [-0.05, 0) is 0 Å². The normalized spacial score (nSPS) is 12.6. The van der Waals surface area contributed by atoms with Crippen molar-refractivity contribution in [2.45, 2.75) is 6.42 Å². The average molecular weight is 193 g/mol. The molecule has 0 amide bonds. The van der Waals surface area contributed by atoms with Gasteiger partial charge in [-0.25, -0.2) is 12.2 Å². The Balaban J connectivity index is 0. The first-order valence-electron chi connectivity index (χ1n) is 1.72. The molecule has 0 spiro atoms. The van der Waals surface area contributed by atoms with E-state index in [1.807, 2.05) is 12.2 Å². The molecule has 0 aliphatic heterocycles. The zero-order chi connectivity index (χ0) is 3.54. The fourth-order valence-corrected chi connectivity index (χ4v) is 0.340. The van der Waals surface area contributed by atoms with E-state index in [-0.39, 0.29) is 34.7 Å². The molecule has 0 atom stereocenters. The maximum absolute atomic E-state index is 2.99. The molecule has 0 N–H and O–H groups in total. The monoisotopic (exact) mass is 194 g/mol. The molecule has 0 fully saturated rings. The SMILES string of the molecule is [C-]1=CC=CC1.[CH3-].[Cd+2]. The van der Waals surface area contributed by atoms with E-state index in [4.69, 9.17) is 0 Å². The fourth-order valence-electron chi connectivity index (χ4n) is 0.340. The number of rotatable bonds is 0. The van der Waals surface area contributed by atoms with Crippen molar-refractivity contribution in [1.29, 1.82) is 0 Å². The Morgan fingerprint density at radius 2 is 2.14 bits per heavy atom. The molecule has 0 aromatic carbocycles. The van der Waals surface area contributed by atoms with Gasteiger partial charge in [0.15, 0.2) is 0 Å². The molecule has 1 heteroatoms. The predicted octanol–water partition coefficient (Wildman–Crippen LogP) is 1.75. The maximum Gasteiger partial charge on any atom is 2.00 e. The van der Waals surface area contributed by atoms with Crippen LogP contribution in [-0.2, 0) is 27.3 Å². The van der Waals surface area contributed by atoms with Gasteiger partial charge >= 0.3 is 27.3 Å². The third kappa shape index (κ3) is 4.25. The largest absolute Gasteiger partial charge is 2.00 e. The van der Waals surface area contributed by atoms with E-state index in [1.54, 1.807) is 0 Å². The van der Waals surface area contributed by atoms with Crippen molar-refractivity contribution in [2.75, 3.05) is 0 Å². The van der Waals surface area contributed by atoms with E-state index >= 15 is 0 Å². The van der Waals surface area contributed by atoms with Crippen LogP contribution in [0.15, 0.2) is 18.2 Å². The summed E-state index contributed by atoms with van der Waals surface area (Å²) in [5.74, 6) is 0. The number of hydrogen-bond donors (Lipinski definition) is 0. The topological polar surface area (TPSA) is 0 Å². The van der Waals surface area contributed by atoms with E-state index in [0.29, 0.717) is 0 Å². The summed E-state index contributed by atoms with van der Waals surface area (Å²) in [4.78, 5) is 0. The molecule has 1 aliphatic carbocycles. The second-order valence-corrected chi connectivity index (χ2v) is 1.00. The van der Waals surface area contributed by atoms with Crippen LogP contribution in [0.1, 0.15) is 6.42 Å². The smallest absolute Gasteiger partial charge is 0.358 e. The molecule has 0 bridgehead atoms. The molecule has 0 saturated heterocycles. The average Bonchev–Trinajstić information content (AvgIpc) is 1.76. The van der Waals surface area contributed by atoms with Crippen LogP contribution in [0, 0.1) is 13.5 Å². The van der Waals surface area contributed by atoms with Crippen molar-refractivity contribution in [3.05, 3.63) is 31.7 Å². The van der Waals surface area contributed by atoms with Crippen LogP contribution >= 0.6 is 0 Å². The van der Waals surface area contributed by atoms with Gasteiger partial charge in [-0.15, -0.1) is 6.42 Å². The maximum atomic E-state index is 2.99. The minimum Gasteiger partial charge on any atom is -0.358 e. The van der Waals surface area contributed by atoms with Gasteiger partial charge in [-0.2, -0.15) is 6.08 Å². The molecule has 1 rings (SSSR count). The third-order valence-corrected chi connectivity index (χ3v) is 0.586. The Labute approximate surface area is 65.5 Å². The van der Waals surface area contributed by atoms with E-state index < -0.39 is 0 Å². The molecule has 0 heterocycles. The molecule has 0 aromatic rings. The van der Waals surface area contributed by atoms with Crippen LogP contribution in [-0.4, -0.2) is 0 Å². The van der Waals surface area contributed by atoms with E-state index in [9.17, 15) is 0 Å². The van der Waals surface area contributed by atoms with E-state index in [0.717, 1.165) is 6.42 Å². The standard InChI is InChI=1S/C5H5.CH3.Cd/c1-2-4-5-3-1;;/h1-3H,4H2;1H3;/q2*-1;+2. The molecule has 0 aromatic heterocycles. The molecular formula is C6H8Cd. The first kappa shape index (κ1) is 10.4. The van der Waals surface area contributed by atoms with Gasteiger partial charge in [0, 0.05) is 0 Å². The van der Waals surface area contributed by atoms with Crippen molar-refractivity contribution < 1.29 is 27.3 Å². The van der Waals surface area contributed by atoms with Gasteiger partial charge < -0.3 is 7.43 Å². The predicted molar refractivity (Wildman–Crippen MR) is 28.0 cm³/mol. The molecule has 7 heavy (non-hydrogen) atoms. The Hall–Kier alpha value is 0.402. The van der Waals surface area contributed by atoms with E-state index in [2.05, 4.69) is 12.2 Å². The third-order valence-electron chi connectivity index (χ3n) is 0.586. The quantitative estimate of drug-likeness (QED) is 0.405. The Bertz CT molecular complexity index is 62.2. The van der Waals surface area contributed by atoms with Gasteiger partial charge in [0.05, 0.1) is 0 Å². The Morgan fingerprint density at radius 1 is 1.43 bits per heavy atom. The van der Waals surface area contributed by atoms with Gasteiger partial charge in [-0.1, -0.05) is 0 Å².